The average Bonchev–Trinajstić information content (AvgIpc) is 2.72. The summed E-state index contributed by atoms with van der Waals surface area (Å²) in [5, 5.41) is 12.7. The van der Waals surface area contributed by atoms with Crippen LogP contribution >= 0.6 is 0 Å². The maximum absolute atomic E-state index is 9.34. The Hall–Kier alpha value is -1.02. The summed E-state index contributed by atoms with van der Waals surface area (Å²) in [6.07, 6.45) is 2.12. The lowest BCUT2D eigenvalue weighted by molar-refractivity contribution is 0.189. The molecule has 0 amide bonds. The van der Waals surface area contributed by atoms with Crippen LogP contribution in [0.2, 0.25) is 0 Å². The maximum atomic E-state index is 9.34. The molecule has 0 fully saturated rings. The van der Waals surface area contributed by atoms with Crippen molar-refractivity contribution >= 4 is 5.69 Å². The van der Waals surface area contributed by atoms with E-state index in [1.54, 1.807) is 0 Å². The first kappa shape index (κ1) is 11.5. The van der Waals surface area contributed by atoms with Crippen molar-refractivity contribution in [2.24, 2.45) is 11.8 Å². The Bertz CT molecular complexity index is 360. The number of rotatable bonds is 4. The minimum atomic E-state index is 0.285. The highest BCUT2D eigenvalue weighted by Gasteiger charge is 2.15. The number of hydrogen-bond acceptors (Lipinski definition) is 2. The molecule has 0 spiro atoms. The van der Waals surface area contributed by atoms with Gasteiger partial charge in [0.2, 0.25) is 0 Å². The van der Waals surface area contributed by atoms with Gasteiger partial charge in [0.25, 0.3) is 0 Å². The van der Waals surface area contributed by atoms with E-state index in [9.17, 15) is 5.11 Å². The van der Waals surface area contributed by atoms with Crippen LogP contribution in [0.3, 0.4) is 0 Å². The van der Waals surface area contributed by atoms with E-state index in [0.29, 0.717) is 11.8 Å². The van der Waals surface area contributed by atoms with Gasteiger partial charge in [-0.3, -0.25) is 0 Å². The predicted octanol–water partition coefficient (Wildman–Crippen LogP) is 2.46. The molecule has 0 saturated heterocycles. The molecule has 2 heteroatoms. The van der Waals surface area contributed by atoms with Gasteiger partial charge in [-0.1, -0.05) is 26.0 Å². The lowest BCUT2D eigenvalue weighted by Gasteiger charge is -2.18. The fourth-order valence-electron chi connectivity index (χ4n) is 2.30. The molecule has 1 aliphatic heterocycles. The molecule has 2 rings (SSSR count). The van der Waals surface area contributed by atoms with Crippen molar-refractivity contribution in [3.05, 3.63) is 29.3 Å². The van der Waals surface area contributed by atoms with Crippen LogP contribution in [0.15, 0.2) is 18.2 Å². The third kappa shape index (κ3) is 2.38. The number of anilines is 1. The smallest absolute Gasteiger partial charge is 0.0464 e. The van der Waals surface area contributed by atoms with Crippen LogP contribution in [-0.2, 0) is 12.8 Å². The molecule has 0 radical (unpaired) electrons. The van der Waals surface area contributed by atoms with Gasteiger partial charge in [-0.25, -0.2) is 0 Å². The molecule has 0 aliphatic carbocycles. The van der Waals surface area contributed by atoms with Gasteiger partial charge in [0.15, 0.2) is 0 Å². The first-order chi connectivity index (χ1) is 7.70. The molecule has 2 nitrogen and oxygen atoms in total. The number of aliphatic hydroxyl groups is 1. The normalized spacial score (nSPS) is 16.0. The first-order valence-electron chi connectivity index (χ1n) is 6.17. The molecular formula is C14H21NO. The zero-order chi connectivity index (χ0) is 11.5. The minimum Gasteiger partial charge on any atom is -0.396 e. The summed E-state index contributed by atoms with van der Waals surface area (Å²) in [6, 6.07) is 6.65. The molecular weight excluding hydrogens is 198 g/mol. The largest absolute Gasteiger partial charge is 0.396 e. The van der Waals surface area contributed by atoms with Crippen molar-refractivity contribution in [2.75, 3.05) is 18.5 Å². The number of nitrogens with one attached hydrogen (secondary N) is 1. The van der Waals surface area contributed by atoms with Crippen molar-refractivity contribution in [2.45, 2.75) is 26.7 Å². The Balaban J connectivity index is 2.10. The van der Waals surface area contributed by atoms with Gasteiger partial charge < -0.3 is 10.4 Å². The van der Waals surface area contributed by atoms with Gasteiger partial charge in [0, 0.05) is 18.8 Å². The van der Waals surface area contributed by atoms with E-state index < -0.39 is 0 Å². The van der Waals surface area contributed by atoms with E-state index in [4.69, 9.17) is 0 Å². The summed E-state index contributed by atoms with van der Waals surface area (Å²) in [6.45, 7) is 5.70. The fourth-order valence-corrected chi connectivity index (χ4v) is 2.30. The average molecular weight is 219 g/mol. The first-order valence-corrected chi connectivity index (χ1v) is 6.17. The highest BCUT2D eigenvalue weighted by molar-refractivity contribution is 5.56. The van der Waals surface area contributed by atoms with E-state index in [0.717, 1.165) is 19.4 Å². The van der Waals surface area contributed by atoms with Crippen molar-refractivity contribution in [1.82, 2.24) is 0 Å². The monoisotopic (exact) mass is 219 g/mol. The molecule has 88 valence electrons. The van der Waals surface area contributed by atoms with E-state index in [1.165, 1.54) is 16.8 Å². The standard InChI is InChI=1S/C14H21NO/c1-10(2)13(9-16)8-11-3-4-14-12(7-11)5-6-15-14/h3-4,7,10,13,15-16H,5-6,8-9H2,1-2H3. The molecule has 1 aromatic carbocycles. The van der Waals surface area contributed by atoms with Crippen LogP contribution < -0.4 is 5.32 Å². The second kappa shape index (κ2) is 4.88. The third-order valence-corrected chi connectivity index (χ3v) is 3.55. The van der Waals surface area contributed by atoms with Gasteiger partial charge in [0.1, 0.15) is 0 Å². The van der Waals surface area contributed by atoms with Crippen LogP contribution in [0, 0.1) is 11.8 Å². The summed E-state index contributed by atoms with van der Waals surface area (Å²) >= 11 is 0. The van der Waals surface area contributed by atoms with Crippen molar-refractivity contribution in [3.8, 4) is 0 Å². The van der Waals surface area contributed by atoms with E-state index in [1.807, 2.05) is 0 Å². The molecule has 0 bridgehead atoms. The van der Waals surface area contributed by atoms with Crippen molar-refractivity contribution < 1.29 is 5.11 Å². The zero-order valence-corrected chi connectivity index (χ0v) is 10.2. The fraction of sp³-hybridized carbons (Fsp3) is 0.571. The Morgan fingerprint density at radius 3 is 2.88 bits per heavy atom. The van der Waals surface area contributed by atoms with Gasteiger partial charge >= 0.3 is 0 Å². The maximum Gasteiger partial charge on any atom is 0.0464 e. The number of aliphatic hydroxyl groups excluding tert-OH is 1. The molecule has 0 saturated carbocycles. The van der Waals surface area contributed by atoms with Gasteiger partial charge in [0.05, 0.1) is 0 Å². The highest BCUT2D eigenvalue weighted by Crippen LogP contribution is 2.25. The van der Waals surface area contributed by atoms with Gasteiger partial charge in [-0.15, -0.1) is 0 Å². The van der Waals surface area contributed by atoms with Gasteiger partial charge in [-0.05, 0) is 41.9 Å². The summed E-state index contributed by atoms with van der Waals surface area (Å²) in [5.41, 5.74) is 4.07. The number of fused-ring (bicyclic) bond motifs is 1. The summed E-state index contributed by atoms with van der Waals surface area (Å²) in [4.78, 5) is 0. The lowest BCUT2D eigenvalue weighted by Crippen LogP contribution is -2.16. The van der Waals surface area contributed by atoms with E-state index in [2.05, 4.69) is 37.4 Å². The molecule has 1 unspecified atom stereocenters. The molecule has 1 aromatic rings. The molecule has 1 atom stereocenters. The van der Waals surface area contributed by atoms with Crippen molar-refractivity contribution in [3.63, 3.8) is 0 Å². The van der Waals surface area contributed by atoms with Crippen LogP contribution in [-0.4, -0.2) is 18.3 Å². The molecule has 0 aromatic heterocycles. The quantitative estimate of drug-likeness (QED) is 0.815. The molecule has 2 N–H and O–H groups in total. The second-order valence-corrected chi connectivity index (χ2v) is 5.06. The van der Waals surface area contributed by atoms with Crippen LogP contribution in [0.25, 0.3) is 0 Å². The SMILES string of the molecule is CC(C)C(CO)Cc1ccc2c(c1)CCN2. The Labute approximate surface area is 97.7 Å². The summed E-state index contributed by atoms with van der Waals surface area (Å²) < 4.78 is 0. The second-order valence-electron chi connectivity index (χ2n) is 5.06. The Morgan fingerprint density at radius 2 is 2.19 bits per heavy atom. The zero-order valence-electron chi connectivity index (χ0n) is 10.2. The number of benzene rings is 1. The third-order valence-electron chi connectivity index (χ3n) is 3.55. The highest BCUT2D eigenvalue weighted by atomic mass is 16.3. The Morgan fingerprint density at radius 1 is 1.38 bits per heavy atom. The van der Waals surface area contributed by atoms with Crippen LogP contribution in [0.1, 0.15) is 25.0 Å². The molecule has 1 aliphatic rings. The minimum absolute atomic E-state index is 0.285. The lowest BCUT2D eigenvalue weighted by atomic mass is 9.89. The van der Waals surface area contributed by atoms with Crippen LogP contribution in [0.5, 0.6) is 0 Å². The predicted molar refractivity (Wildman–Crippen MR) is 67.8 cm³/mol. The summed E-state index contributed by atoms with van der Waals surface area (Å²) in [5.74, 6) is 0.920. The molecule has 16 heavy (non-hydrogen) atoms. The van der Waals surface area contributed by atoms with E-state index >= 15 is 0 Å². The topological polar surface area (TPSA) is 32.3 Å². The number of hydrogen-bond donors (Lipinski definition) is 2. The molecule has 1 heterocycles. The summed E-state index contributed by atoms with van der Waals surface area (Å²) in [7, 11) is 0. The van der Waals surface area contributed by atoms with Crippen LogP contribution in [0.4, 0.5) is 5.69 Å². The Kier molecular flexibility index (Phi) is 3.49. The van der Waals surface area contributed by atoms with E-state index in [-0.39, 0.29) is 6.61 Å². The van der Waals surface area contributed by atoms with Gasteiger partial charge in [-0.2, -0.15) is 0 Å². The van der Waals surface area contributed by atoms with Crippen molar-refractivity contribution in [1.29, 1.82) is 0 Å².